The number of nitrogens with two attached hydrogens (primary N) is 1. The molecule has 0 atom stereocenters. The van der Waals surface area contributed by atoms with E-state index in [0.717, 1.165) is 5.56 Å². The second kappa shape index (κ2) is 5.14. The van der Waals surface area contributed by atoms with E-state index in [9.17, 15) is 4.79 Å². The molecule has 1 rings (SSSR count). The third-order valence-electron chi connectivity index (χ3n) is 2.16. The average molecular weight is 228 g/mol. The van der Waals surface area contributed by atoms with Gasteiger partial charge in [0.1, 0.15) is 5.75 Å². The summed E-state index contributed by atoms with van der Waals surface area (Å²) < 4.78 is 5.13. The molecule has 1 aromatic rings. The van der Waals surface area contributed by atoms with E-state index in [2.05, 4.69) is 0 Å². The zero-order valence-electron chi connectivity index (χ0n) is 8.84. The van der Waals surface area contributed by atoms with Crippen LogP contribution in [-0.4, -0.2) is 19.4 Å². The summed E-state index contributed by atoms with van der Waals surface area (Å²) in [4.78, 5) is 11.6. The predicted molar refractivity (Wildman–Crippen MR) is 60.7 cm³/mol. The lowest BCUT2D eigenvalue weighted by Gasteiger charge is -2.08. The first kappa shape index (κ1) is 12.0. The lowest BCUT2D eigenvalue weighted by molar-refractivity contribution is 0.0985. The average Bonchev–Trinajstić information content (AvgIpc) is 2.18. The van der Waals surface area contributed by atoms with Crippen LogP contribution in [0.15, 0.2) is 12.1 Å². The molecule has 3 nitrogen and oxygen atoms in total. The highest BCUT2D eigenvalue weighted by molar-refractivity contribution is 6.34. The molecule has 0 aliphatic carbocycles. The van der Waals surface area contributed by atoms with Gasteiger partial charge in [-0.05, 0) is 31.2 Å². The van der Waals surface area contributed by atoms with Crippen LogP contribution < -0.4 is 10.5 Å². The third-order valence-corrected chi connectivity index (χ3v) is 2.47. The fourth-order valence-corrected chi connectivity index (χ4v) is 1.68. The van der Waals surface area contributed by atoms with Crippen LogP contribution in [-0.2, 0) is 0 Å². The topological polar surface area (TPSA) is 52.3 Å². The minimum atomic E-state index is -0.0548. The van der Waals surface area contributed by atoms with Crippen LogP contribution in [0, 0.1) is 6.92 Å². The SMILES string of the molecule is COc1cc(C(=O)CCN)c(Cl)cc1C. The first-order valence-electron chi connectivity index (χ1n) is 4.67. The first-order chi connectivity index (χ1) is 7.10. The fourth-order valence-electron chi connectivity index (χ4n) is 1.35. The summed E-state index contributed by atoms with van der Waals surface area (Å²) >= 11 is 5.97. The van der Waals surface area contributed by atoms with Crippen LogP contribution in [0.2, 0.25) is 5.02 Å². The quantitative estimate of drug-likeness (QED) is 0.803. The molecule has 0 amide bonds. The molecular formula is C11H14ClNO2. The smallest absolute Gasteiger partial charge is 0.165 e. The molecule has 2 N–H and O–H groups in total. The summed E-state index contributed by atoms with van der Waals surface area (Å²) in [6.07, 6.45) is 0.298. The molecule has 0 aliphatic rings. The Morgan fingerprint density at radius 2 is 2.20 bits per heavy atom. The Bertz CT molecular complexity index is 377. The number of hydrogen-bond donors (Lipinski definition) is 1. The molecule has 0 spiro atoms. The summed E-state index contributed by atoms with van der Waals surface area (Å²) in [5, 5.41) is 0.451. The van der Waals surface area contributed by atoms with Crippen molar-refractivity contribution in [1.29, 1.82) is 0 Å². The standard InChI is InChI=1S/C11H14ClNO2/c1-7-5-9(12)8(6-11(7)15-2)10(14)3-4-13/h5-6H,3-4,13H2,1-2H3. The molecule has 0 aromatic heterocycles. The molecule has 0 saturated carbocycles. The lowest BCUT2D eigenvalue weighted by atomic mass is 10.1. The van der Waals surface area contributed by atoms with E-state index in [-0.39, 0.29) is 5.78 Å². The highest BCUT2D eigenvalue weighted by Gasteiger charge is 2.12. The number of carbonyl (C=O) groups excluding carboxylic acids is 1. The molecule has 0 unspecified atom stereocenters. The molecule has 0 fully saturated rings. The maximum atomic E-state index is 11.6. The zero-order chi connectivity index (χ0) is 11.4. The van der Waals surface area contributed by atoms with Crippen molar-refractivity contribution in [3.63, 3.8) is 0 Å². The minimum absolute atomic E-state index is 0.0548. The normalized spacial score (nSPS) is 10.1. The molecule has 82 valence electrons. The second-order valence-electron chi connectivity index (χ2n) is 3.26. The molecule has 0 heterocycles. The molecule has 1 aromatic carbocycles. The third kappa shape index (κ3) is 2.70. The largest absolute Gasteiger partial charge is 0.496 e. The van der Waals surface area contributed by atoms with E-state index in [1.54, 1.807) is 19.2 Å². The van der Waals surface area contributed by atoms with E-state index in [4.69, 9.17) is 22.1 Å². The predicted octanol–water partition coefficient (Wildman–Crippen LogP) is 2.19. The minimum Gasteiger partial charge on any atom is -0.496 e. The van der Waals surface area contributed by atoms with Crippen molar-refractivity contribution < 1.29 is 9.53 Å². The lowest BCUT2D eigenvalue weighted by Crippen LogP contribution is -2.09. The fraction of sp³-hybridized carbons (Fsp3) is 0.364. The summed E-state index contributed by atoms with van der Waals surface area (Å²) in [5.74, 6) is 0.612. The molecule has 0 radical (unpaired) electrons. The van der Waals surface area contributed by atoms with E-state index in [0.29, 0.717) is 29.3 Å². The van der Waals surface area contributed by atoms with E-state index in [1.807, 2.05) is 6.92 Å². The van der Waals surface area contributed by atoms with Crippen molar-refractivity contribution in [1.82, 2.24) is 0 Å². The number of ether oxygens (including phenoxy) is 1. The molecule has 15 heavy (non-hydrogen) atoms. The van der Waals surface area contributed by atoms with Gasteiger partial charge in [-0.1, -0.05) is 11.6 Å². The van der Waals surface area contributed by atoms with Crippen LogP contribution in [0.5, 0.6) is 5.75 Å². The number of hydrogen-bond acceptors (Lipinski definition) is 3. The number of halogens is 1. The summed E-state index contributed by atoms with van der Waals surface area (Å²) in [6, 6.07) is 3.39. The van der Waals surface area contributed by atoms with Crippen molar-refractivity contribution in [2.45, 2.75) is 13.3 Å². The van der Waals surface area contributed by atoms with Gasteiger partial charge < -0.3 is 10.5 Å². The van der Waals surface area contributed by atoms with E-state index >= 15 is 0 Å². The Morgan fingerprint density at radius 1 is 1.53 bits per heavy atom. The molecule has 0 aliphatic heterocycles. The molecule has 4 heteroatoms. The number of ketones is 1. The Labute approximate surface area is 94.2 Å². The van der Waals surface area contributed by atoms with Gasteiger partial charge in [-0.3, -0.25) is 4.79 Å². The van der Waals surface area contributed by atoms with Crippen LogP contribution in [0.25, 0.3) is 0 Å². The maximum Gasteiger partial charge on any atom is 0.165 e. The molecule has 0 bridgehead atoms. The maximum absolute atomic E-state index is 11.6. The van der Waals surface area contributed by atoms with Crippen molar-refractivity contribution in [3.8, 4) is 5.75 Å². The number of methoxy groups -OCH3 is 1. The van der Waals surface area contributed by atoms with Gasteiger partial charge in [-0.25, -0.2) is 0 Å². The van der Waals surface area contributed by atoms with Gasteiger partial charge in [0.25, 0.3) is 0 Å². The Balaban J connectivity index is 3.12. The number of rotatable bonds is 4. The van der Waals surface area contributed by atoms with Gasteiger partial charge in [-0.2, -0.15) is 0 Å². The Morgan fingerprint density at radius 3 is 2.73 bits per heavy atom. The van der Waals surface area contributed by atoms with Crippen molar-refractivity contribution in [2.75, 3.05) is 13.7 Å². The molecular weight excluding hydrogens is 214 g/mol. The highest BCUT2D eigenvalue weighted by atomic mass is 35.5. The van der Waals surface area contributed by atoms with Crippen LogP contribution >= 0.6 is 11.6 Å². The van der Waals surface area contributed by atoms with Crippen molar-refractivity contribution in [2.24, 2.45) is 5.73 Å². The second-order valence-corrected chi connectivity index (χ2v) is 3.67. The summed E-state index contributed by atoms with van der Waals surface area (Å²) in [6.45, 7) is 2.20. The number of aryl methyl sites for hydroxylation is 1. The number of Topliss-reactive ketones (excluding diaryl/α,β-unsaturated/α-hetero) is 1. The van der Waals surface area contributed by atoms with Gasteiger partial charge >= 0.3 is 0 Å². The van der Waals surface area contributed by atoms with Gasteiger partial charge in [-0.15, -0.1) is 0 Å². The van der Waals surface area contributed by atoms with Gasteiger partial charge in [0, 0.05) is 12.0 Å². The van der Waals surface area contributed by atoms with Gasteiger partial charge in [0.05, 0.1) is 12.1 Å². The van der Waals surface area contributed by atoms with Crippen LogP contribution in [0.1, 0.15) is 22.3 Å². The van der Waals surface area contributed by atoms with Crippen molar-refractivity contribution in [3.05, 3.63) is 28.3 Å². The van der Waals surface area contributed by atoms with Crippen molar-refractivity contribution >= 4 is 17.4 Å². The van der Waals surface area contributed by atoms with Crippen LogP contribution in [0.3, 0.4) is 0 Å². The zero-order valence-corrected chi connectivity index (χ0v) is 9.60. The summed E-state index contributed by atoms with van der Waals surface area (Å²) in [5.41, 5.74) is 6.71. The number of benzene rings is 1. The van der Waals surface area contributed by atoms with E-state index < -0.39 is 0 Å². The van der Waals surface area contributed by atoms with Gasteiger partial charge in [0.15, 0.2) is 5.78 Å². The Kier molecular flexibility index (Phi) is 4.12. The highest BCUT2D eigenvalue weighted by Crippen LogP contribution is 2.27. The van der Waals surface area contributed by atoms with Crippen LogP contribution in [0.4, 0.5) is 0 Å². The summed E-state index contributed by atoms with van der Waals surface area (Å²) in [7, 11) is 1.56. The number of carbonyl (C=O) groups is 1. The molecule has 0 saturated heterocycles. The van der Waals surface area contributed by atoms with E-state index in [1.165, 1.54) is 0 Å². The monoisotopic (exact) mass is 227 g/mol. The Hall–Kier alpha value is -1.06. The van der Waals surface area contributed by atoms with Gasteiger partial charge in [0.2, 0.25) is 0 Å². The first-order valence-corrected chi connectivity index (χ1v) is 5.05.